The lowest BCUT2D eigenvalue weighted by Gasteiger charge is -2.30. The van der Waals surface area contributed by atoms with E-state index in [4.69, 9.17) is 0 Å². The number of nitro benzene ring substituents is 1. The Morgan fingerprint density at radius 3 is 2.59 bits per heavy atom. The van der Waals surface area contributed by atoms with Crippen LogP contribution in [0.15, 0.2) is 41.4 Å². The largest absolute Gasteiger partial charge is 0.369 e. The zero-order valence-electron chi connectivity index (χ0n) is 15.5. The molecule has 156 valence electrons. The van der Waals surface area contributed by atoms with E-state index in [1.807, 2.05) is 11.0 Å². The normalized spacial score (nSPS) is 14.4. The number of hydrogen-bond donors (Lipinski definition) is 0. The number of fused-ring (bicyclic) bond motifs is 1. The van der Waals surface area contributed by atoms with Gasteiger partial charge in [0.2, 0.25) is 10.0 Å². The Kier molecular flexibility index (Phi) is 7.25. The molecule has 0 unspecified atom stereocenters. The number of anilines is 1. The maximum absolute atomic E-state index is 13.5. The maximum Gasteiger partial charge on any atom is 0.270 e. The van der Waals surface area contributed by atoms with E-state index in [1.165, 1.54) is 22.5 Å². The number of alkyl halides is 2. The van der Waals surface area contributed by atoms with Gasteiger partial charge in [-0.3, -0.25) is 15.1 Å². The molecule has 1 aromatic heterocycles. The van der Waals surface area contributed by atoms with Crippen molar-refractivity contribution < 1.29 is 13.3 Å². The van der Waals surface area contributed by atoms with Crippen molar-refractivity contribution in [3.8, 4) is 0 Å². The molecule has 0 saturated heterocycles. The quantitative estimate of drug-likeness (QED) is 0.286. The molecule has 0 radical (unpaired) electrons. The average Bonchev–Trinajstić information content (AvgIpc) is 2.72. The molecule has 29 heavy (non-hydrogen) atoms. The van der Waals surface area contributed by atoms with Crippen LogP contribution in [0.5, 0.6) is 0 Å². The minimum absolute atomic E-state index is 0.0408. The van der Waals surface area contributed by atoms with Crippen LogP contribution in [0.25, 0.3) is 0 Å². The number of nitrogens with zero attached hydrogens (tertiary/aromatic N) is 4. The molecule has 0 N–H and O–H groups in total. The van der Waals surface area contributed by atoms with E-state index in [2.05, 4.69) is 36.8 Å². The molecule has 0 amide bonds. The molecule has 1 aromatic carbocycles. The SMILES string of the molecule is O=[N+]([O-])c1ccc(N(CCBr)CCBr)c(S(=O)(=O)N2CCc3ncccc3C2)c1. The summed E-state index contributed by atoms with van der Waals surface area (Å²) in [4.78, 5) is 16.9. The summed E-state index contributed by atoms with van der Waals surface area (Å²) in [5.41, 5.74) is 1.96. The first-order chi connectivity index (χ1) is 13.9. The van der Waals surface area contributed by atoms with Crippen molar-refractivity contribution >= 4 is 53.3 Å². The third-order valence-corrected chi connectivity index (χ3v) is 7.33. The summed E-state index contributed by atoms with van der Waals surface area (Å²) in [6, 6.07) is 7.68. The smallest absolute Gasteiger partial charge is 0.270 e. The zero-order valence-corrected chi connectivity index (χ0v) is 19.5. The number of nitro groups is 1. The number of sulfonamides is 1. The molecular weight excluding hydrogens is 528 g/mol. The molecule has 0 spiro atoms. The molecule has 8 nitrogen and oxygen atoms in total. The van der Waals surface area contributed by atoms with E-state index >= 15 is 0 Å². The van der Waals surface area contributed by atoms with Crippen LogP contribution in [-0.2, 0) is 23.0 Å². The van der Waals surface area contributed by atoms with Gasteiger partial charge in [0.25, 0.3) is 5.69 Å². The molecule has 0 saturated carbocycles. The van der Waals surface area contributed by atoms with Crippen molar-refractivity contribution in [3.63, 3.8) is 0 Å². The number of benzene rings is 1. The predicted octanol–water partition coefficient (Wildman–Crippen LogP) is 3.33. The number of aromatic nitrogens is 1. The minimum atomic E-state index is -3.94. The fourth-order valence-electron chi connectivity index (χ4n) is 3.33. The van der Waals surface area contributed by atoms with Gasteiger partial charge in [-0.2, -0.15) is 4.31 Å². The van der Waals surface area contributed by atoms with E-state index in [1.54, 1.807) is 12.3 Å². The second kappa shape index (κ2) is 9.50. The Bertz CT molecular complexity index is 997. The molecule has 3 rings (SSSR count). The standard InChI is InChI=1S/C18H20Br2N4O4S/c19-6-10-22(11-7-20)17-4-3-15(24(25)26)12-18(17)29(27,28)23-9-5-16-14(13-23)2-1-8-21-16/h1-4,8,12H,5-7,9-11,13H2. The van der Waals surface area contributed by atoms with E-state index in [-0.39, 0.29) is 23.7 Å². The lowest BCUT2D eigenvalue weighted by Crippen LogP contribution is -2.37. The van der Waals surface area contributed by atoms with Gasteiger partial charge >= 0.3 is 0 Å². The zero-order chi connectivity index (χ0) is 21.0. The van der Waals surface area contributed by atoms with Gasteiger partial charge in [-0.05, 0) is 17.7 Å². The highest BCUT2D eigenvalue weighted by atomic mass is 79.9. The molecule has 0 aliphatic carbocycles. The lowest BCUT2D eigenvalue weighted by atomic mass is 10.1. The van der Waals surface area contributed by atoms with Crippen LogP contribution < -0.4 is 4.90 Å². The number of pyridine rings is 1. The molecular formula is C18H20Br2N4O4S. The fourth-order valence-corrected chi connectivity index (χ4v) is 5.83. The van der Waals surface area contributed by atoms with Crippen molar-refractivity contribution in [2.45, 2.75) is 17.9 Å². The monoisotopic (exact) mass is 546 g/mol. The third kappa shape index (κ3) is 4.79. The lowest BCUT2D eigenvalue weighted by molar-refractivity contribution is -0.385. The molecule has 0 fully saturated rings. The second-order valence-electron chi connectivity index (χ2n) is 6.47. The summed E-state index contributed by atoms with van der Waals surface area (Å²) in [7, 11) is -3.94. The summed E-state index contributed by atoms with van der Waals surface area (Å²) >= 11 is 6.79. The molecule has 2 heterocycles. The molecule has 11 heteroatoms. The van der Waals surface area contributed by atoms with Gasteiger partial charge in [-0.15, -0.1) is 0 Å². The first-order valence-electron chi connectivity index (χ1n) is 8.96. The van der Waals surface area contributed by atoms with Gasteiger partial charge in [0.05, 0.1) is 10.6 Å². The van der Waals surface area contributed by atoms with Gasteiger partial charge in [-0.25, -0.2) is 8.42 Å². The van der Waals surface area contributed by atoms with Crippen molar-refractivity contribution in [1.29, 1.82) is 0 Å². The van der Waals surface area contributed by atoms with Crippen molar-refractivity contribution in [3.05, 3.63) is 57.9 Å². The van der Waals surface area contributed by atoms with Crippen LogP contribution in [0.1, 0.15) is 11.3 Å². The van der Waals surface area contributed by atoms with E-state index in [9.17, 15) is 18.5 Å². The van der Waals surface area contributed by atoms with Crippen LogP contribution in [0.4, 0.5) is 11.4 Å². The van der Waals surface area contributed by atoms with Crippen molar-refractivity contribution in [1.82, 2.24) is 9.29 Å². The molecule has 0 atom stereocenters. The van der Waals surface area contributed by atoms with Crippen LogP contribution in [-0.4, -0.2) is 52.9 Å². The van der Waals surface area contributed by atoms with Gasteiger partial charge in [0.1, 0.15) is 4.90 Å². The van der Waals surface area contributed by atoms with Gasteiger partial charge in [0, 0.05) is 67.3 Å². The highest BCUT2D eigenvalue weighted by Gasteiger charge is 2.33. The average molecular weight is 548 g/mol. The van der Waals surface area contributed by atoms with Crippen LogP contribution in [0.2, 0.25) is 0 Å². The Hall–Kier alpha value is -1.56. The predicted molar refractivity (Wildman–Crippen MR) is 118 cm³/mol. The Labute approximate surface area is 186 Å². The molecule has 0 bridgehead atoms. The van der Waals surface area contributed by atoms with Crippen LogP contribution in [0.3, 0.4) is 0 Å². The summed E-state index contributed by atoms with van der Waals surface area (Å²) in [6.45, 7) is 1.62. The number of non-ortho nitro benzene ring substituents is 1. The first kappa shape index (κ1) is 22.1. The Morgan fingerprint density at radius 2 is 1.93 bits per heavy atom. The van der Waals surface area contributed by atoms with Gasteiger partial charge in [0.15, 0.2) is 0 Å². The number of hydrogen-bond acceptors (Lipinski definition) is 6. The highest BCUT2D eigenvalue weighted by Crippen LogP contribution is 2.33. The summed E-state index contributed by atoms with van der Waals surface area (Å²) in [5, 5.41) is 12.6. The molecule has 1 aliphatic heterocycles. The first-order valence-corrected chi connectivity index (χ1v) is 12.6. The molecule has 1 aliphatic rings. The fraction of sp³-hybridized carbons (Fsp3) is 0.389. The highest BCUT2D eigenvalue weighted by molar-refractivity contribution is 9.09. The van der Waals surface area contributed by atoms with Crippen LogP contribution >= 0.6 is 31.9 Å². The van der Waals surface area contributed by atoms with E-state index < -0.39 is 14.9 Å². The second-order valence-corrected chi connectivity index (χ2v) is 9.96. The summed E-state index contributed by atoms with van der Waals surface area (Å²) < 4.78 is 28.5. The van der Waals surface area contributed by atoms with E-state index in [0.717, 1.165) is 11.3 Å². The van der Waals surface area contributed by atoms with Crippen molar-refractivity contribution in [2.75, 3.05) is 35.2 Å². The minimum Gasteiger partial charge on any atom is -0.369 e. The van der Waals surface area contributed by atoms with E-state index in [0.29, 0.717) is 35.9 Å². The maximum atomic E-state index is 13.5. The Morgan fingerprint density at radius 1 is 1.21 bits per heavy atom. The van der Waals surface area contributed by atoms with Crippen molar-refractivity contribution in [2.24, 2.45) is 0 Å². The number of halogens is 2. The van der Waals surface area contributed by atoms with Crippen LogP contribution in [0, 0.1) is 10.1 Å². The Balaban J connectivity index is 2.06. The summed E-state index contributed by atoms with van der Waals surface area (Å²) in [6.07, 6.45) is 2.20. The van der Waals surface area contributed by atoms with Gasteiger partial charge in [-0.1, -0.05) is 37.9 Å². The summed E-state index contributed by atoms with van der Waals surface area (Å²) in [5.74, 6) is 0. The third-order valence-electron chi connectivity index (χ3n) is 4.75. The number of rotatable bonds is 8. The topological polar surface area (TPSA) is 96.7 Å². The van der Waals surface area contributed by atoms with Gasteiger partial charge < -0.3 is 4.90 Å². The molecule has 2 aromatic rings.